The smallest absolute Gasteiger partial charge is 0.387 e. The summed E-state index contributed by atoms with van der Waals surface area (Å²) < 4.78 is 28.7. The van der Waals surface area contributed by atoms with Gasteiger partial charge in [0.25, 0.3) is 5.91 Å². The minimum Gasteiger partial charge on any atom is -0.435 e. The van der Waals surface area contributed by atoms with Crippen LogP contribution in [0.25, 0.3) is 0 Å². The number of aliphatic hydroxyl groups excluding tert-OH is 1. The van der Waals surface area contributed by atoms with Crippen molar-refractivity contribution in [2.24, 2.45) is 0 Å². The first kappa shape index (κ1) is 15.7. The summed E-state index contributed by atoms with van der Waals surface area (Å²) in [6, 6.07) is 5.82. The molecule has 0 saturated carbocycles. The third-order valence-electron chi connectivity index (χ3n) is 3.38. The van der Waals surface area contributed by atoms with Crippen LogP contribution in [0.3, 0.4) is 0 Å². The van der Waals surface area contributed by atoms with E-state index >= 15 is 0 Å². The normalized spacial score (nSPS) is 16.3. The van der Waals surface area contributed by atoms with Gasteiger partial charge < -0.3 is 14.7 Å². The summed E-state index contributed by atoms with van der Waals surface area (Å²) in [7, 11) is 0. The zero-order chi connectivity index (χ0) is 15.2. The summed E-state index contributed by atoms with van der Waals surface area (Å²) in [5.74, 6) is -0.215. The first-order valence-corrected chi connectivity index (χ1v) is 6.77. The number of β-amino-alcohol motifs (C(OH)–C–C–N with tert-alkyl or cyclic N) is 1. The second-order valence-corrected chi connectivity index (χ2v) is 4.76. The molecule has 7 heteroatoms. The van der Waals surface area contributed by atoms with Gasteiger partial charge in [0.05, 0.1) is 6.61 Å². The maximum Gasteiger partial charge on any atom is 0.387 e. The van der Waals surface area contributed by atoms with Gasteiger partial charge in [-0.2, -0.15) is 8.78 Å². The molecule has 1 N–H and O–H groups in total. The molecule has 0 atom stereocenters. The summed E-state index contributed by atoms with van der Waals surface area (Å²) in [6.07, 6.45) is 0. The van der Waals surface area contributed by atoms with Crippen molar-refractivity contribution in [2.45, 2.75) is 6.61 Å². The number of benzene rings is 1. The van der Waals surface area contributed by atoms with Crippen LogP contribution in [0, 0.1) is 0 Å². The third kappa shape index (κ3) is 4.37. The average molecular weight is 300 g/mol. The maximum absolute atomic E-state index is 12.3. The number of hydrogen-bond acceptors (Lipinski definition) is 4. The van der Waals surface area contributed by atoms with Gasteiger partial charge in [-0.05, 0) is 18.2 Å². The van der Waals surface area contributed by atoms with Crippen molar-refractivity contribution in [3.05, 3.63) is 29.8 Å². The molecule has 0 unspecified atom stereocenters. The van der Waals surface area contributed by atoms with Gasteiger partial charge in [-0.1, -0.05) is 6.07 Å². The molecule has 1 aromatic rings. The van der Waals surface area contributed by atoms with E-state index < -0.39 is 6.61 Å². The van der Waals surface area contributed by atoms with Gasteiger partial charge >= 0.3 is 6.61 Å². The summed E-state index contributed by atoms with van der Waals surface area (Å²) in [6.45, 7) is 0.287. The van der Waals surface area contributed by atoms with Gasteiger partial charge in [-0.3, -0.25) is 9.69 Å². The van der Waals surface area contributed by atoms with Gasteiger partial charge in [0, 0.05) is 38.3 Å². The van der Waals surface area contributed by atoms with E-state index in [1.165, 1.54) is 18.2 Å². The molecule has 1 fully saturated rings. The van der Waals surface area contributed by atoms with Gasteiger partial charge in [-0.15, -0.1) is 0 Å². The zero-order valence-electron chi connectivity index (χ0n) is 11.5. The fourth-order valence-corrected chi connectivity index (χ4v) is 2.30. The van der Waals surface area contributed by atoms with Crippen LogP contribution in [0.5, 0.6) is 5.75 Å². The quantitative estimate of drug-likeness (QED) is 0.883. The summed E-state index contributed by atoms with van der Waals surface area (Å²) >= 11 is 0. The van der Waals surface area contributed by atoms with E-state index in [1.807, 2.05) is 0 Å². The topological polar surface area (TPSA) is 53.0 Å². The highest BCUT2D eigenvalue weighted by molar-refractivity contribution is 5.94. The molecule has 1 aliphatic heterocycles. The molecule has 0 radical (unpaired) electrons. The summed E-state index contributed by atoms with van der Waals surface area (Å²) in [5.41, 5.74) is 0.337. The first-order chi connectivity index (χ1) is 10.1. The highest BCUT2D eigenvalue weighted by atomic mass is 19.3. The molecule has 1 aliphatic rings. The lowest BCUT2D eigenvalue weighted by Gasteiger charge is -2.34. The molecule has 0 aliphatic carbocycles. The number of halogens is 2. The van der Waals surface area contributed by atoms with E-state index in [0.29, 0.717) is 38.3 Å². The highest BCUT2D eigenvalue weighted by Crippen LogP contribution is 2.18. The fraction of sp³-hybridized carbons (Fsp3) is 0.500. The largest absolute Gasteiger partial charge is 0.435 e. The molecule has 0 aromatic heterocycles. The molecule has 5 nitrogen and oxygen atoms in total. The van der Waals surface area contributed by atoms with E-state index in [-0.39, 0.29) is 18.3 Å². The second kappa shape index (κ2) is 7.33. The zero-order valence-corrected chi connectivity index (χ0v) is 11.5. The van der Waals surface area contributed by atoms with E-state index in [4.69, 9.17) is 5.11 Å². The van der Waals surface area contributed by atoms with Crippen LogP contribution in [-0.2, 0) is 0 Å². The van der Waals surface area contributed by atoms with Gasteiger partial charge in [-0.25, -0.2) is 0 Å². The molecule has 1 saturated heterocycles. The van der Waals surface area contributed by atoms with Gasteiger partial charge in [0.15, 0.2) is 0 Å². The predicted octanol–water partition coefficient (Wildman–Crippen LogP) is 1.04. The standard InChI is InChI=1S/C14H18F2N2O3/c15-14(16)21-12-3-1-2-11(10-12)13(20)18-6-4-17(5-7-18)8-9-19/h1-3,10,14,19H,4-9H2. The Hall–Kier alpha value is -1.73. The number of ether oxygens (including phenoxy) is 1. The lowest BCUT2D eigenvalue weighted by Crippen LogP contribution is -2.49. The molecule has 1 amide bonds. The average Bonchev–Trinajstić information content (AvgIpc) is 2.47. The van der Waals surface area contributed by atoms with Gasteiger partial charge in [0.1, 0.15) is 5.75 Å². The Labute approximate surface area is 121 Å². The van der Waals surface area contributed by atoms with Crippen LogP contribution in [0.2, 0.25) is 0 Å². The molecule has 1 heterocycles. The van der Waals surface area contributed by atoms with E-state index in [0.717, 1.165) is 0 Å². The Balaban J connectivity index is 1.97. The number of carbonyl (C=O) groups is 1. The molecular formula is C14H18F2N2O3. The van der Waals surface area contributed by atoms with E-state index in [9.17, 15) is 13.6 Å². The number of amides is 1. The summed E-state index contributed by atoms with van der Waals surface area (Å²) in [5, 5.41) is 8.88. The molecule has 0 bridgehead atoms. The Bertz CT molecular complexity index is 477. The number of carbonyl (C=O) groups excluding carboxylic acids is 1. The number of aliphatic hydroxyl groups is 1. The maximum atomic E-state index is 12.3. The Morgan fingerprint density at radius 2 is 2.00 bits per heavy atom. The second-order valence-electron chi connectivity index (χ2n) is 4.76. The van der Waals surface area contributed by atoms with Crippen molar-refractivity contribution in [1.82, 2.24) is 9.80 Å². The predicted molar refractivity (Wildman–Crippen MR) is 72.5 cm³/mol. The van der Waals surface area contributed by atoms with E-state index in [1.54, 1.807) is 11.0 Å². The van der Waals surface area contributed by atoms with Crippen molar-refractivity contribution in [2.75, 3.05) is 39.3 Å². The third-order valence-corrected chi connectivity index (χ3v) is 3.38. The van der Waals surface area contributed by atoms with Crippen molar-refractivity contribution >= 4 is 5.91 Å². The molecular weight excluding hydrogens is 282 g/mol. The Kier molecular flexibility index (Phi) is 5.46. The Morgan fingerprint density at radius 1 is 1.29 bits per heavy atom. The van der Waals surface area contributed by atoms with Gasteiger partial charge in [0.2, 0.25) is 0 Å². The van der Waals surface area contributed by atoms with Crippen LogP contribution < -0.4 is 4.74 Å². The highest BCUT2D eigenvalue weighted by Gasteiger charge is 2.22. The SMILES string of the molecule is O=C(c1cccc(OC(F)F)c1)N1CCN(CCO)CC1. The minimum absolute atomic E-state index is 0.0187. The van der Waals surface area contributed by atoms with Crippen LogP contribution in [-0.4, -0.2) is 66.8 Å². The number of hydrogen-bond donors (Lipinski definition) is 1. The van der Waals surface area contributed by atoms with Crippen LogP contribution in [0.4, 0.5) is 8.78 Å². The number of piperazine rings is 1. The number of alkyl halides is 2. The van der Waals surface area contributed by atoms with E-state index in [2.05, 4.69) is 9.64 Å². The lowest BCUT2D eigenvalue weighted by molar-refractivity contribution is -0.0499. The minimum atomic E-state index is -2.91. The van der Waals surface area contributed by atoms with Crippen LogP contribution in [0.1, 0.15) is 10.4 Å². The Morgan fingerprint density at radius 3 is 2.62 bits per heavy atom. The number of rotatable bonds is 5. The van der Waals surface area contributed by atoms with Crippen molar-refractivity contribution < 1.29 is 23.4 Å². The fourth-order valence-electron chi connectivity index (χ4n) is 2.30. The van der Waals surface area contributed by atoms with Crippen molar-refractivity contribution in [3.8, 4) is 5.75 Å². The molecule has 0 spiro atoms. The molecule has 1 aromatic carbocycles. The van der Waals surface area contributed by atoms with Crippen LogP contribution in [0.15, 0.2) is 24.3 Å². The molecule has 21 heavy (non-hydrogen) atoms. The summed E-state index contributed by atoms with van der Waals surface area (Å²) in [4.78, 5) is 16.1. The van der Waals surface area contributed by atoms with Crippen molar-refractivity contribution in [1.29, 1.82) is 0 Å². The molecule has 116 valence electrons. The first-order valence-electron chi connectivity index (χ1n) is 6.77. The molecule has 2 rings (SSSR count). The van der Waals surface area contributed by atoms with Crippen molar-refractivity contribution in [3.63, 3.8) is 0 Å². The number of nitrogens with zero attached hydrogens (tertiary/aromatic N) is 2. The van der Waals surface area contributed by atoms with Crippen LogP contribution >= 0.6 is 0 Å². The lowest BCUT2D eigenvalue weighted by atomic mass is 10.1. The monoisotopic (exact) mass is 300 g/mol.